The summed E-state index contributed by atoms with van der Waals surface area (Å²) in [6.07, 6.45) is 0.423. The zero-order chi connectivity index (χ0) is 24.1. The molecule has 14 heteroatoms. The molecule has 0 rings (SSSR count). The first kappa shape index (κ1) is 28.1. The van der Waals surface area contributed by atoms with E-state index in [1.54, 1.807) is 6.26 Å². The summed E-state index contributed by atoms with van der Waals surface area (Å²) in [7, 11) is 0. The Hall–Kier alpha value is -2.87. The molecular weight excluding hydrogens is 436 g/mol. The maximum atomic E-state index is 12.7. The normalized spacial score (nSPS) is 14.4. The Balaban J connectivity index is 5.36. The summed E-state index contributed by atoms with van der Waals surface area (Å²) in [6.45, 7) is 1.20. The number of thioether (sulfide) groups is 1. The van der Waals surface area contributed by atoms with E-state index in [0.29, 0.717) is 5.75 Å². The van der Waals surface area contributed by atoms with Crippen LogP contribution in [0.1, 0.15) is 32.6 Å². The molecule has 0 aromatic heterocycles. The highest BCUT2D eigenvalue weighted by atomic mass is 32.2. The highest BCUT2D eigenvalue weighted by Gasteiger charge is 2.29. The van der Waals surface area contributed by atoms with E-state index in [-0.39, 0.29) is 12.8 Å². The number of carbonyl (C=O) groups is 6. The number of aliphatic carboxylic acids is 3. The molecule has 0 aliphatic rings. The van der Waals surface area contributed by atoms with Gasteiger partial charge in [-0.1, -0.05) is 0 Å². The fourth-order valence-electron chi connectivity index (χ4n) is 2.25. The molecule has 0 bridgehead atoms. The first-order chi connectivity index (χ1) is 14.4. The fourth-order valence-corrected chi connectivity index (χ4v) is 2.72. The zero-order valence-corrected chi connectivity index (χ0v) is 17.9. The van der Waals surface area contributed by atoms with Crippen LogP contribution >= 0.6 is 11.8 Å². The molecule has 0 aliphatic heterocycles. The number of nitrogens with one attached hydrogen (secondary N) is 3. The van der Waals surface area contributed by atoms with E-state index < -0.39 is 72.6 Å². The zero-order valence-electron chi connectivity index (χ0n) is 17.1. The monoisotopic (exact) mass is 464 g/mol. The molecule has 31 heavy (non-hydrogen) atoms. The van der Waals surface area contributed by atoms with Crippen LogP contribution in [-0.2, 0) is 28.8 Å². The van der Waals surface area contributed by atoms with Gasteiger partial charge >= 0.3 is 17.9 Å². The number of carbonyl (C=O) groups excluding carboxylic acids is 3. The van der Waals surface area contributed by atoms with Crippen LogP contribution in [0.15, 0.2) is 0 Å². The van der Waals surface area contributed by atoms with Crippen molar-refractivity contribution in [3.8, 4) is 0 Å². The van der Waals surface area contributed by atoms with E-state index in [1.807, 2.05) is 0 Å². The van der Waals surface area contributed by atoms with Crippen molar-refractivity contribution >= 4 is 47.4 Å². The van der Waals surface area contributed by atoms with E-state index in [0.717, 1.165) is 0 Å². The first-order valence-corrected chi connectivity index (χ1v) is 10.6. The molecule has 176 valence electrons. The molecule has 3 amide bonds. The van der Waals surface area contributed by atoms with Crippen molar-refractivity contribution in [3.05, 3.63) is 0 Å². The van der Waals surface area contributed by atoms with Crippen LogP contribution < -0.4 is 21.7 Å². The second kappa shape index (κ2) is 14.2. The summed E-state index contributed by atoms with van der Waals surface area (Å²) in [5.41, 5.74) is 5.49. The average molecular weight is 464 g/mol. The van der Waals surface area contributed by atoms with Crippen molar-refractivity contribution in [1.29, 1.82) is 0 Å². The molecule has 0 aliphatic carbocycles. The smallest absolute Gasteiger partial charge is 0.325 e. The van der Waals surface area contributed by atoms with E-state index in [9.17, 15) is 28.8 Å². The SMILES string of the molecule is CSCC[C@H](NC(=O)[C@@H](N)CC(=O)O)C(=O)N[C@@H](CCC(=O)O)C(=O)N[C@@H](C)C(=O)O. The number of nitrogens with two attached hydrogens (primary N) is 1. The Morgan fingerprint density at radius 3 is 1.84 bits per heavy atom. The lowest BCUT2D eigenvalue weighted by atomic mass is 10.1. The molecule has 0 aromatic rings. The Morgan fingerprint density at radius 1 is 0.839 bits per heavy atom. The van der Waals surface area contributed by atoms with Crippen molar-refractivity contribution in [2.45, 2.75) is 56.8 Å². The second-order valence-electron chi connectivity index (χ2n) is 6.61. The highest BCUT2D eigenvalue weighted by Crippen LogP contribution is 2.05. The lowest BCUT2D eigenvalue weighted by Crippen LogP contribution is -2.57. The summed E-state index contributed by atoms with van der Waals surface area (Å²) < 4.78 is 0. The van der Waals surface area contributed by atoms with Gasteiger partial charge in [0, 0.05) is 6.42 Å². The molecular formula is C17H28N4O9S. The van der Waals surface area contributed by atoms with Crippen molar-refractivity contribution in [2.75, 3.05) is 12.0 Å². The quantitative estimate of drug-likeness (QED) is 0.140. The minimum absolute atomic E-state index is 0.122. The van der Waals surface area contributed by atoms with Crippen LogP contribution in [0, 0.1) is 0 Å². The predicted octanol–water partition coefficient (Wildman–Crippen LogP) is -2.03. The Kier molecular flexibility index (Phi) is 12.9. The summed E-state index contributed by atoms with van der Waals surface area (Å²) in [5, 5.41) is 33.3. The molecule has 0 fully saturated rings. The van der Waals surface area contributed by atoms with Gasteiger partial charge in [-0.2, -0.15) is 11.8 Å². The third-order valence-corrected chi connectivity index (χ3v) is 4.63. The lowest BCUT2D eigenvalue weighted by molar-refractivity contribution is -0.142. The highest BCUT2D eigenvalue weighted by molar-refractivity contribution is 7.98. The summed E-state index contributed by atoms with van der Waals surface area (Å²) in [6, 6.07) is -5.22. The number of carboxylic acid groups (broad SMARTS) is 3. The topological polar surface area (TPSA) is 225 Å². The molecule has 0 spiro atoms. The molecule has 13 nitrogen and oxygen atoms in total. The van der Waals surface area contributed by atoms with Gasteiger partial charge in [-0.3, -0.25) is 28.8 Å². The molecule has 8 N–H and O–H groups in total. The van der Waals surface area contributed by atoms with Gasteiger partial charge in [-0.25, -0.2) is 0 Å². The molecule has 0 saturated heterocycles. The van der Waals surface area contributed by atoms with E-state index in [2.05, 4.69) is 16.0 Å². The Labute approximate surface area is 182 Å². The fraction of sp³-hybridized carbons (Fsp3) is 0.647. The van der Waals surface area contributed by atoms with Crippen LogP contribution in [-0.4, -0.2) is 87.1 Å². The molecule has 0 heterocycles. The van der Waals surface area contributed by atoms with Crippen molar-refractivity contribution in [2.24, 2.45) is 5.73 Å². The summed E-state index contributed by atoms with van der Waals surface area (Å²) in [5.74, 6) is -6.03. The predicted molar refractivity (Wildman–Crippen MR) is 109 cm³/mol. The van der Waals surface area contributed by atoms with Gasteiger partial charge in [0.1, 0.15) is 18.1 Å². The van der Waals surface area contributed by atoms with Crippen LogP contribution in [0.4, 0.5) is 0 Å². The van der Waals surface area contributed by atoms with Crippen molar-refractivity contribution in [1.82, 2.24) is 16.0 Å². The summed E-state index contributed by atoms with van der Waals surface area (Å²) >= 11 is 1.37. The largest absolute Gasteiger partial charge is 0.481 e. The Bertz CT molecular complexity index is 689. The van der Waals surface area contributed by atoms with E-state index >= 15 is 0 Å². The molecule has 0 aromatic carbocycles. The number of amides is 3. The van der Waals surface area contributed by atoms with Crippen LogP contribution in [0.2, 0.25) is 0 Å². The first-order valence-electron chi connectivity index (χ1n) is 9.21. The van der Waals surface area contributed by atoms with Crippen LogP contribution in [0.5, 0.6) is 0 Å². The van der Waals surface area contributed by atoms with Crippen molar-refractivity contribution < 1.29 is 44.1 Å². The molecule has 0 unspecified atom stereocenters. The van der Waals surface area contributed by atoms with Gasteiger partial charge in [-0.15, -0.1) is 0 Å². The third-order valence-electron chi connectivity index (χ3n) is 3.98. The van der Waals surface area contributed by atoms with Gasteiger partial charge in [0.15, 0.2) is 0 Å². The number of carboxylic acids is 3. The number of hydrogen-bond donors (Lipinski definition) is 7. The van der Waals surface area contributed by atoms with Gasteiger partial charge in [0.2, 0.25) is 17.7 Å². The number of rotatable bonds is 15. The molecule has 0 saturated carbocycles. The average Bonchev–Trinajstić information content (AvgIpc) is 2.66. The van der Waals surface area contributed by atoms with Crippen LogP contribution in [0.25, 0.3) is 0 Å². The minimum atomic E-state index is -1.40. The second-order valence-corrected chi connectivity index (χ2v) is 7.59. The van der Waals surface area contributed by atoms with E-state index in [1.165, 1.54) is 18.7 Å². The van der Waals surface area contributed by atoms with E-state index in [4.69, 9.17) is 21.1 Å². The van der Waals surface area contributed by atoms with Gasteiger partial charge in [-0.05, 0) is 31.8 Å². The molecule has 0 radical (unpaired) electrons. The maximum absolute atomic E-state index is 12.7. The third kappa shape index (κ3) is 11.8. The molecule has 4 atom stereocenters. The standard InChI is InChI=1S/C17H28N4O9S/c1-8(17(29)30)19-15(27)10(3-4-12(22)23)21-16(28)11(5-6-31-2)20-14(26)9(18)7-13(24)25/h8-11H,3-7,18H2,1-2H3,(H,19,27)(H,20,26)(H,21,28)(H,22,23)(H,24,25)(H,29,30)/t8-,9-,10-,11-/m0/s1. The lowest BCUT2D eigenvalue weighted by Gasteiger charge is -2.24. The minimum Gasteiger partial charge on any atom is -0.481 e. The van der Waals surface area contributed by atoms with Gasteiger partial charge in [0.25, 0.3) is 0 Å². The van der Waals surface area contributed by atoms with Gasteiger partial charge in [0.05, 0.1) is 12.5 Å². The Morgan fingerprint density at radius 2 is 1.35 bits per heavy atom. The van der Waals surface area contributed by atoms with Crippen LogP contribution in [0.3, 0.4) is 0 Å². The maximum Gasteiger partial charge on any atom is 0.325 e. The van der Waals surface area contributed by atoms with Crippen molar-refractivity contribution in [3.63, 3.8) is 0 Å². The number of hydrogen-bond acceptors (Lipinski definition) is 8. The summed E-state index contributed by atoms with van der Waals surface area (Å²) in [4.78, 5) is 69.6. The van der Waals surface area contributed by atoms with Gasteiger partial charge < -0.3 is 37.0 Å².